The van der Waals surface area contributed by atoms with E-state index in [1.165, 1.54) is 24.0 Å². The van der Waals surface area contributed by atoms with Crippen LogP contribution in [-0.4, -0.2) is 28.2 Å². The van der Waals surface area contributed by atoms with Crippen molar-refractivity contribution < 1.29 is 26.3 Å². The maximum atomic E-state index is 12.0. The third-order valence-electron chi connectivity index (χ3n) is 1.94. The maximum absolute atomic E-state index is 12.0. The van der Waals surface area contributed by atoms with Gasteiger partial charge >= 0.3 is 6.18 Å². The molecular formula is C9H11F3N2O3S. The smallest absolute Gasteiger partial charge is 0.402 e. The molecule has 0 aliphatic heterocycles. The van der Waals surface area contributed by atoms with Gasteiger partial charge in [0.05, 0.1) is 7.11 Å². The maximum Gasteiger partial charge on any atom is 0.402 e. The lowest BCUT2D eigenvalue weighted by molar-refractivity contribution is -0.121. The lowest BCUT2D eigenvalue weighted by Gasteiger charge is -2.12. The van der Waals surface area contributed by atoms with Crippen molar-refractivity contribution in [2.75, 3.05) is 19.4 Å². The van der Waals surface area contributed by atoms with Crippen LogP contribution in [0.2, 0.25) is 0 Å². The van der Waals surface area contributed by atoms with Crippen LogP contribution in [0.1, 0.15) is 0 Å². The Hall–Kier alpha value is -1.48. The van der Waals surface area contributed by atoms with E-state index in [2.05, 4.69) is 0 Å². The molecule has 0 saturated heterocycles. The van der Waals surface area contributed by atoms with E-state index in [1.807, 2.05) is 0 Å². The Labute approximate surface area is 102 Å². The predicted octanol–water partition coefficient (Wildman–Crippen LogP) is 1.12. The van der Waals surface area contributed by atoms with E-state index >= 15 is 0 Å². The van der Waals surface area contributed by atoms with Gasteiger partial charge in [-0.2, -0.15) is 13.2 Å². The van der Waals surface area contributed by atoms with Gasteiger partial charge in [0, 0.05) is 5.69 Å². The molecule has 0 fully saturated rings. The van der Waals surface area contributed by atoms with Crippen molar-refractivity contribution in [2.45, 2.75) is 11.1 Å². The van der Waals surface area contributed by atoms with Crippen LogP contribution in [0.5, 0.6) is 5.75 Å². The number of rotatable bonds is 4. The number of benzene rings is 1. The zero-order valence-electron chi connectivity index (χ0n) is 9.28. The summed E-state index contributed by atoms with van der Waals surface area (Å²) in [5.41, 5.74) is 5.49. The summed E-state index contributed by atoms with van der Waals surface area (Å²) in [6.07, 6.45) is -4.64. The highest BCUT2D eigenvalue weighted by Crippen LogP contribution is 2.26. The van der Waals surface area contributed by atoms with Crippen molar-refractivity contribution in [1.82, 2.24) is 4.72 Å². The molecule has 0 unspecified atom stereocenters. The second-order valence-corrected chi connectivity index (χ2v) is 5.09. The molecule has 102 valence electrons. The van der Waals surface area contributed by atoms with Crippen LogP contribution in [0.4, 0.5) is 18.9 Å². The molecule has 9 heteroatoms. The fourth-order valence-corrected chi connectivity index (χ4v) is 2.37. The number of hydrogen-bond acceptors (Lipinski definition) is 4. The van der Waals surface area contributed by atoms with Gasteiger partial charge in [-0.15, -0.1) is 0 Å². The van der Waals surface area contributed by atoms with E-state index < -0.39 is 27.6 Å². The van der Waals surface area contributed by atoms with Crippen molar-refractivity contribution in [3.05, 3.63) is 18.2 Å². The van der Waals surface area contributed by atoms with Crippen LogP contribution >= 0.6 is 0 Å². The van der Waals surface area contributed by atoms with Crippen LogP contribution in [0, 0.1) is 0 Å². The van der Waals surface area contributed by atoms with Crippen molar-refractivity contribution in [1.29, 1.82) is 0 Å². The normalized spacial score (nSPS) is 12.4. The SMILES string of the molecule is COc1ccc(N)cc1S(=O)(=O)NCC(F)(F)F. The van der Waals surface area contributed by atoms with Gasteiger partial charge in [0.25, 0.3) is 0 Å². The summed E-state index contributed by atoms with van der Waals surface area (Å²) >= 11 is 0. The number of anilines is 1. The molecule has 1 aromatic carbocycles. The summed E-state index contributed by atoms with van der Waals surface area (Å²) < 4.78 is 65.5. The minimum absolute atomic E-state index is 0.0844. The third kappa shape index (κ3) is 3.77. The van der Waals surface area contributed by atoms with Crippen molar-refractivity contribution in [2.24, 2.45) is 0 Å². The molecule has 3 N–H and O–H groups in total. The number of sulfonamides is 1. The summed E-state index contributed by atoms with van der Waals surface area (Å²) in [5, 5.41) is 0. The third-order valence-corrected chi connectivity index (χ3v) is 3.36. The zero-order valence-corrected chi connectivity index (χ0v) is 10.1. The Morgan fingerprint density at radius 1 is 1.39 bits per heavy atom. The lowest BCUT2D eigenvalue weighted by atomic mass is 10.3. The first-order valence-corrected chi connectivity index (χ1v) is 6.14. The first kappa shape index (κ1) is 14.6. The largest absolute Gasteiger partial charge is 0.495 e. The minimum Gasteiger partial charge on any atom is -0.495 e. The van der Waals surface area contributed by atoms with E-state index in [9.17, 15) is 21.6 Å². The average molecular weight is 284 g/mol. The van der Waals surface area contributed by atoms with Crippen LogP contribution < -0.4 is 15.2 Å². The van der Waals surface area contributed by atoms with E-state index in [-0.39, 0.29) is 11.4 Å². The molecule has 0 bridgehead atoms. The van der Waals surface area contributed by atoms with Gasteiger partial charge in [0.2, 0.25) is 10.0 Å². The second kappa shape index (κ2) is 5.02. The minimum atomic E-state index is -4.64. The van der Waals surface area contributed by atoms with E-state index in [1.54, 1.807) is 0 Å². The number of ether oxygens (including phenoxy) is 1. The Kier molecular flexibility index (Phi) is 4.07. The molecule has 1 aromatic rings. The fourth-order valence-electron chi connectivity index (χ4n) is 1.16. The van der Waals surface area contributed by atoms with Crippen LogP contribution in [0.25, 0.3) is 0 Å². The van der Waals surface area contributed by atoms with Crippen LogP contribution in [-0.2, 0) is 10.0 Å². The first-order valence-electron chi connectivity index (χ1n) is 4.65. The van der Waals surface area contributed by atoms with E-state index in [0.717, 1.165) is 6.07 Å². The molecular weight excluding hydrogens is 273 g/mol. The van der Waals surface area contributed by atoms with Gasteiger partial charge in [0.1, 0.15) is 17.2 Å². The van der Waals surface area contributed by atoms with Gasteiger partial charge < -0.3 is 10.5 Å². The Balaban J connectivity index is 3.08. The Bertz CT molecular complexity index is 528. The first-order chi connectivity index (χ1) is 8.15. The molecule has 0 heterocycles. The van der Waals surface area contributed by atoms with Crippen molar-refractivity contribution >= 4 is 15.7 Å². The standard InChI is InChI=1S/C9H11F3N2O3S/c1-17-7-3-2-6(13)4-8(7)18(15,16)14-5-9(10,11)12/h2-4,14H,5,13H2,1H3. The molecule has 1 rings (SSSR count). The number of nitrogen functional groups attached to an aromatic ring is 1. The number of nitrogens with one attached hydrogen (secondary N) is 1. The van der Waals surface area contributed by atoms with Crippen molar-refractivity contribution in [3.8, 4) is 5.75 Å². The van der Waals surface area contributed by atoms with Gasteiger partial charge in [-0.1, -0.05) is 0 Å². The molecule has 0 aromatic heterocycles. The van der Waals surface area contributed by atoms with Crippen LogP contribution in [0.15, 0.2) is 23.1 Å². The molecule has 0 aliphatic carbocycles. The van der Waals surface area contributed by atoms with Gasteiger partial charge in [0.15, 0.2) is 0 Å². The predicted molar refractivity (Wildman–Crippen MR) is 58.6 cm³/mol. The molecule has 0 aliphatic rings. The topological polar surface area (TPSA) is 81.4 Å². The van der Waals surface area contributed by atoms with Crippen molar-refractivity contribution in [3.63, 3.8) is 0 Å². The van der Waals surface area contributed by atoms with Crippen LogP contribution in [0.3, 0.4) is 0 Å². The van der Waals surface area contributed by atoms with Gasteiger partial charge in [-0.3, -0.25) is 0 Å². The summed E-state index contributed by atoms with van der Waals surface area (Å²) in [6, 6.07) is 3.66. The number of nitrogens with two attached hydrogens (primary N) is 1. The second-order valence-electron chi connectivity index (χ2n) is 3.35. The van der Waals surface area contributed by atoms with E-state index in [0.29, 0.717) is 0 Å². The molecule has 0 spiro atoms. The summed E-state index contributed by atoms with van der Waals surface area (Å²) in [7, 11) is -3.13. The Morgan fingerprint density at radius 2 is 2.00 bits per heavy atom. The highest BCUT2D eigenvalue weighted by molar-refractivity contribution is 7.89. The monoisotopic (exact) mass is 284 g/mol. The highest BCUT2D eigenvalue weighted by atomic mass is 32.2. The number of alkyl halides is 3. The zero-order chi connectivity index (χ0) is 14.0. The summed E-state index contributed by atoms with van der Waals surface area (Å²) in [4.78, 5) is -0.436. The molecule has 0 amide bonds. The van der Waals surface area contributed by atoms with E-state index in [4.69, 9.17) is 10.5 Å². The van der Waals surface area contributed by atoms with Gasteiger partial charge in [-0.25, -0.2) is 13.1 Å². The fraction of sp³-hybridized carbons (Fsp3) is 0.333. The molecule has 0 radical (unpaired) electrons. The number of hydrogen-bond donors (Lipinski definition) is 2. The summed E-state index contributed by atoms with van der Waals surface area (Å²) in [6.45, 7) is -1.66. The van der Waals surface area contributed by atoms with Gasteiger partial charge in [-0.05, 0) is 18.2 Å². The Morgan fingerprint density at radius 3 is 2.50 bits per heavy atom. The number of methoxy groups -OCH3 is 1. The average Bonchev–Trinajstić information content (AvgIpc) is 2.26. The molecule has 0 saturated carbocycles. The molecule has 5 nitrogen and oxygen atoms in total. The highest BCUT2D eigenvalue weighted by Gasteiger charge is 2.31. The number of halogens is 3. The quantitative estimate of drug-likeness (QED) is 0.812. The summed E-state index contributed by atoms with van der Waals surface area (Å²) in [5.74, 6) is -0.0844. The lowest BCUT2D eigenvalue weighted by Crippen LogP contribution is -2.34. The molecule has 18 heavy (non-hydrogen) atoms. The molecule has 0 atom stereocenters.